The van der Waals surface area contributed by atoms with Gasteiger partial charge in [-0.2, -0.15) is 0 Å². The molecule has 2 N–H and O–H groups in total. The first kappa shape index (κ1) is 16.0. The van der Waals surface area contributed by atoms with Crippen molar-refractivity contribution in [1.29, 1.82) is 0 Å². The lowest BCUT2D eigenvalue weighted by atomic mass is 10.0. The number of rotatable bonds is 3. The first-order valence-electron chi connectivity index (χ1n) is 7.73. The molecule has 0 spiro atoms. The van der Waals surface area contributed by atoms with Crippen molar-refractivity contribution in [3.8, 4) is 0 Å². The monoisotopic (exact) mass is 319 g/mol. The van der Waals surface area contributed by atoms with Crippen LogP contribution in [0.25, 0.3) is 10.9 Å². The molecule has 1 unspecified atom stereocenters. The van der Waals surface area contributed by atoms with Crippen molar-refractivity contribution in [1.82, 2.24) is 14.8 Å². The van der Waals surface area contributed by atoms with E-state index in [0.29, 0.717) is 31.7 Å². The van der Waals surface area contributed by atoms with Crippen LogP contribution in [0.3, 0.4) is 0 Å². The number of β-amino-alcohol motifs (C(OH)–C–C–N with tert-alkyl or cyclic N) is 1. The molecule has 124 valence electrons. The largest absolute Gasteiger partial charge is 0.387 e. The number of aromatic nitrogens is 1. The number of aryl methyl sites for hydroxylation is 1. The van der Waals surface area contributed by atoms with Crippen LogP contribution < -0.4 is 0 Å². The van der Waals surface area contributed by atoms with Crippen molar-refractivity contribution >= 4 is 16.8 Å². The Morgan fingerprint density at radius 2 is 2.22 bits per heavy atom. The van der Waals surface area contributed by atoms with Crippen LogP contribution in [0.2, 0.25) is 0 Å². The Hall–Kier alpha value is -1.92. The number of nitrogens with zero attached hydrogens (tertiary/aromatic N) is 2. The second-order valence-corrected chi connectivity index (χ2v) is 6.75. The number of aromatic amines is 1. The summed E-state index contributed by atoms with van der Waals surface area (Å²) in [6.45, 7) is 3.17. The fourth-order valence-electron chi connectivity index (χ4n) is 3.42. The summed E-state index contributed by atoms with van der Waals surface area (Å²) in [7, 11) is 3.80. The van der Waals surface area contributed by atoms with Crippen LogP contribution in [-0.2, 0) is 0 Å². The minimum atomic E-state index is -0.870. The maximum Gasteiger partial charge on any atom is 0.270 e. The van der Waals surface area contributed by atoms with Crippen molar-refractivity contribution in [2.75, 3.05) is 33.7 Å². The summed E-state index contributed by atoms with van der Waals surface area (Å²) >= 11 is 0. The number of likely N-dealkylation sites (N-methyl/N-ethyl adjacent to an activating group) is 1. The molecule has 1 amide bonds. The fourth-order valence-corrected chi connectivity index (χ4v) is 3.42. The van der Waals surface area contributed by atoms with Crippen molar-refractivity contribution in [2.24, 2.45) is 0 Å². The first-order valence-corrected chi connectivity index (χ1v) is 7.73. The van der Waals surface area contributed by atoms with Gasteiger partial charge >= 0.3 is 0 Å². The van der Waals surface area contributed by atoms with Crippen molar-refractivity contribution < 1.29 is 14.3 Å². The number of nitrogens with one attached hydrogen (secondary N) is 1. The van der Waals surface area contributed by atoms with Gasteiger partial charge in [0.2, 0.25) is 0 Å². The highest BCUT2D eigenvalue weighted by molar-refractivity contribution is 6.01. The van der Waals surface area contributed by atoms with Gasteiger partial charge in [-0.25, -0.2) is 4.39 Å². The molecule has 23 heavy (non-hydrogen) atoms. The third-order valence-corrected chi connectivity index (χ3v) is 4.46. The van der Waals surface area contributed by atoms with Crippen LogP contribution in [0.15, 0.2) is 18.2 Å². The van der Waals surface area contributed by atoms with E-state index in [1.165, 1.54) is 12.1 Å². The van der Waals surface area contributed by atoms with Gasteiger partial charge in [0.25, 0.3) is 5.91 Å². The quantitative estimate of drug-likeness (QED) is 0.906. The molecule has 5 nitrogen and oxygen atoms in total. The number of likely N-dealkylation sites (tertiary alicyclic amines) is 1. The lowest BCUT2D eigenvalue weighted by Crippen LogP contribution is -2.43. The van der Waals surface area contributed by atoms with E-state index in [2.05, 4.69) is 4.98 Å². The number of aliphatic hydroxyl groups is 1. The summed E-state index contributed by atoms with van der Waals surface area (Å²) in [6.07, 6.45) is 0.560. The van der Waals surface area contributed by atoms with Gasteiger partial charge < -0.3 is 19.9 Å². The molecule has 0 radical (unpaired) electrons. The highest BCUT2D eigenvalue weighted by Crippen LogP contribution is 2.27. The summed E-state index contributed by atoms with van der Waals surface area (Å²) < 4.78 is 13.4. The van der Waals surface area contributed by atoms with Gasteiger partial charge in [0.05, 0.1) is 12.1 Å². The SMILES string of the molecule is Cc1c(C(=O)N2CCC(O)(CN(C)C)C2)[nH]c2ccc(F)cc12. The third kappa shape index (κ3) is 2.96. The second-order valence-electron chi connectivity index (χ2n) is 6.75. The molecule has 0 aliphatic carbocycles. The molecule has 1 aromatic heterocycles. The molecule has 0 saturated carbocycles. The van der Waals surface area contributed by atoms with Gasteiger partial charge in [0, 0.05) is 24.0 Å². The smallest absolute Gasteiger partial charge is 0.270 e. The Morgan fingerprint density at radius 3 is 2.91 bits per heavy atom. The fraction of sp³-hybridized carbons (Fsp3) is 0.471. The van der Waals surface area contributed by atoms with E-state index in [9.17, 15) is 14.3 Å². The van der Waals surface area contributed by atoms with Crippen LogP contribution in [0.4, 0.5) is 4.39 Å². The Morgan fingerprint density at radius 1 is 1.48 bits per heavy atom. The van der Waals surface area contributed by atoms with E-state index < -0.39 is 5.60 Å². The summed E-state index contributed by atoms with van der Waals surface area (Å²) in [5.74, 6) is -0.464. The molecule has 0 bridgehead atoms. The van der Waals surface area contributed by atoms with Crippen LogP contribution in [-0.4, -0.2) is 65.1 Å². The van der Waals surface area contributed by atoms with Crippen molar-refractivity contribution in [3.63, 3.8) is 0 Å². The van der Waals surface area contributed by atoms with Gasteiger partial charge in [-0.1, -0.05) is 0 Å². The molecule has 1 aliphatic rings. The molecule has 3 rings (SSSR count). The molecular formula is C17H22FN3O2. The Balaban J connectivity index is 1.86. The summed E-state index contributed by atoms with van der Waals surface area (Å²) in [6, 6.07) is 4.45. The molecule has 1 atom stereocenters. The second kappa shape index (κ2) is 5.62. The number of carbonyl (C=O) groups excluding carboxylic acids is 1. The molecular weight excluding hydrogens is 297 g/mol. The average molecular weight is 319 g/mol. The van der Waals surface area contributed by atoms with E-state index in [4.69, 9.17) is 0 Å². The number of hydrogen-bond donors (Lipinski definition) is 2. The van der Waals surface area contributed by atoms with Gasteiger partial charge in [0.15, 0.2) is 0 Å². The molecule has 1 saturated heterocycles. The number of carbonyl (C=O) groups is 1. The van der Waals surface area contributed by atoms with Crippen LogP contribution in [0, 0.1) is 12.7 Å². The normalized spacial score (nSPS) is 21.6. The number of halogens is 1. The van der Waals surface area contributed by atoms with Crippen LogP contribution in [0.1, 0.15) is 22.5 Å². The molecule has 1 aromatic carbocycles. The predicted octanol–water partition coefficient (Wildman–Crippen LogP) is 1.75. The standard InChI is InChI=1S/C17H22FN3O2/c1-11-13-8-12(18)4-5-14(13)19-15(11)16(22)21-7-6-17(23,10-21)9-20(2)3/h4-5,8,19,23H,6-7,9-10H2,1-3H3. The zero-order chi connectivity index (χ0) is 16.8. The number of fused-ring (bicyclic) bond motifs is 1. The van der Waals surface area contributed by atoms with E-state index in [1.807, 2.05) is 25.9 Å². The van der Waals surface area contributed by atoms with Gasteiger partial charge in [0.1, 0.15) is 11.5 Å². The minimum Gasteiger partial charge on any atom is -0.387 e. The van der Waals surface area contributed by atoms with E-state index in [1.54, 1.807) is 11.0 Å². The molecule has 1 aliphatic heterocycles. The summed E-state index contributed by atoms with van der Waals surface area (Å²) in [5.41, 5.74) is 1.09. The maximum atomic E-state index is 13.4. The van der Waals surface area contributed by atoms with E-state index in [-0.39, 0.29) is 11.7 Å². The summed E-state index contributed by atoms with van der Waals surface area (Å²) in [5, 5.41) is 11.3. The third-order valence-electron chi connectivity index (χ3n) is 4.46. The molecule has 2 aromatic rings. The zero-order valence-corrected chi connectivity index (χ0v) is 13.7. The lowest BCUT2D eigenvalue weighted by molar-refractivity contribution is 0.0235. The van der Waals surface area contributed by atoms with Gasteiger partial charge in [-0.15, -0.1) is 0 Å². The maximum absolute atomic E-state index is 13.4. The van der Waals surface area contributed by atoms with Crippen molar-refractivity contribution in [3.05, 3.63) is 35.3 Å². The van der Waals surface area contributed by atoms with Crippen LogP contribution in [0.5, 0.6) is 0 Å². The summed E-state index contributed by atoms with van der Waals surface area (Å²) in [4.78, 5) is 19.4. The Labute approximate surface area is 134 Å². The van der Waals surface area contributed by atoms with E-state index in [0.717, 1.165) is 16.5 Å². The molecule has 1 fully saturated rings. The average Bonchev–Trinajstić information content (AvgIpc) is 2.99. The predicted molar refractivity (Wildman–Crippen MR) is 87.0 cm³/mol. The Bertz CT molecular complexity index is 756. The van der Waals surface area contributed by atoms with Crippen LogP contribution >= 0.6 is 0 Å². The van der Waals surface area contributed by atoms with E-state index >= 15 is 0 Å². The lowest BCUT2D eigenvalue weighted by Gasteiger charge is -2.26. The zero-order valence-electron chi connectivity index (χ0n) is 13.7. The number of hydrogen-bond acceptors (Lipinski definition) is 3. The highest BCUT2D eigenvalue weighted by Gasteiger charge is 2.39. The highest BCUT2D eigenvalue weighted by atomic mass is 19.1. The Kier molecular flexibility index (Phi) is 3.90. The first-order chi connectivity index (χ1) is 10.8. The van der Waals surface area contributed by atoms with Gasteiger partial charge in [-0.3, -0.25) is 4.79 Å². The number of amides is 1. The minimum absolute atomic E-state index is 0.145. The molecule has 6 heteroatoms. The van der Waals surface area contributed by atoms with Crippen molar-refractivity contribution in [2.45, 2.75) is 18.9 Å². The molecule has 2 heterocycles. The topological polar surface area (TPSA) is 59.6 Å². The number of H-pyrrole nitrogens is 1. The number of benzene rings is 1. The van der Waals surface area contributed by atoms with Gasteiger partial charge in [-0.05, 0) is 51.2 Å².